The van der Waals surface area contributed by atoms with E-state index in [4.69, 9.17) is 4.74 Å². The number of esters is 1. The van der Waals surface area contributed by atoms with Gasteiger partial charge in [0.05, 0.1) is 6.61 Å². The van der Waals surface area contributed by atoms with Crippen molar-refractivity contribution in [1.29, 1.82) is 0 Å². The van der Waals surface area contributed by atoms with Crippen LogP contribution in [-0.2, 0) is 9.53 Å². The number of hydrogen-bond donors (Lipinski definition) is 1. The summed E-state index contributed by atoms with van der Waals surface area (Å²) in [5.74, 6) is -0.396. The third kappa shape index (κ3) is 6.71. The molecule has 0 aromatic rings. The van der Waals surface area contributed by atoms with Gasteiger partial charge in [-0.2, -0.15) is 0 Å². The Morgan fingerprint density at radius 2 is 2.00 bits per heavy atom. The second-order valence-electron chi connectivity index (χ2n) is 2.33. The lowest BCUT2D eigenvalue weighted by Gasteiger charge is -2.05. The number of aliphatic imine (C=N–C) groups is 1. The monoisotopic (exact) mass is 214 g/mol. The van der Waals surface area contributed by atoms with Gasteiger partial charge in [0.2, 0.25) is 0 Å². The normalized spacial score (nSPS) is 11.3. The van der Waals surface area contributed by atoms with Gasteiger partial charge in [0.25, 0.3) is 0 Å². The van der Waals surface area contributed by atoms with E-state index in [1.54, 1.807) is 34.0 Å². The quantitative estimate of drug-likeness (QED) is 0.443. The Labute approximate surface area is 92.4 Å². The van der Waals surface area contributed by atoms with Crippen molar-refractivity contribution in [3.05, 3.63) is 11.4 Å². The zero-order valence-corrected chi connectivity index (χ0v) is 10.5. The molecule has 0 fully saturated rings. The molecular weight excluding hydrogens is 192 g/mol. The maximum atomic E-state index is 11.3. The van der Waals surface area contributed by atoms with Crippen molar-refractivity contribution in [3.8, 4) is 0 Å². The van der Waals surface area contributed by atoms with E-state index in [0.29, 0.717) is 18.0 Å². The highest BCUT2D eigenvalue weighted by Crippen LogP contribution is 2.04. The third-order valence-electron chi connectivity index (χ3n) is 1.46. The van der Waals surface area contributed by atoms with Gasteiger partial charge in [0.1, 0.15) is 0 Å². The maximum Gasteiger partial charge on any atom is 0.358 e. The Hall–Kier alpha value is -1.32. The Bertz CT molecular complexity index is 233. The van der Waals surface area contributed by atoms with Gasteiger partial charge in [0.15, 0.2) is 5.70 Å². The Morgan fingerprint density at radius 3 is 2.33 bits per heavy atom. The molecule has 0 heterocycles. The first-order valence-electron chi connectivity index (χ1n) is 5.21. The molecule has 0 atom stereocenters. The second-order valence-corrected chi connectivity index (χ2v) is 2.33. The first-order valence-corrected chi connectivity index (χ1v) is 5.21. The summed E-state index contributed by atoms with van der Waals surface area (Å²) in [6.45, 7) is 9.65. The molecule has 0 bridgehead atoms. The van der Waals surface area contributed by atoms with Crippen LogP contribution in [0.2, 0.25) is 0 Å². The molecule has 0 saturated heterocycles. The molecule has 0 radical (unpaired) electrons. The van der Waals surface area contributed by atoms with Crippen LogP contribution in [0.25, 0.3) is 0 Å². The standard InChI is InChI=1S/C9H16N2O2.C2H6/c1-5-11-8(7(3)10-4)9(12)13-6-2;1-2/h5,10H,6H2,1-4H3;1-2H3/b8-7-,11-5?;. The number of ether oxygens (including phenoxy) is 1. The molecule has 0 aromatic heterocycles. The fourth-order valence-electron chi connectivity index (χ4n) is 0.750. The van der Waals surface area contributed by atoms with Gasteiger partial charge in [-0.1, -0.05) is 13.8 Å². The van der Waals surface area contributed by atoms with Crippen molar-refractivity contribution in [2.45, 2.75) is 34.6 Å². The number of rotatable bonds is 4. The van der Waals surface area contributed by atoms with E-state index in [9.17, 15) is 4.79 Å². The van der Waals surface area contributed by atoms with Gasteiger partial charge in [0, 0.05) is 19.0 Å². The number of nitrogens with one attached hydrogen (secondary N) is 1. The van der Waals surface area contributed by atoms with Gasteiger partial charge in [-0.3, -0.25) is 4.99 Å². The van der Waals surface area contributed by atoms with E-state index in [2.05, 4.69) is 10.3 Å². The zero-order valence-electron chi connectivity index (χ0n) is 10.5. The topological polar surface area (TPSA) is 50.7 Å². The van der Waals surface area contributed by atoms with Crippen LogP contribution < -0.4 is 5.32 Å². The number of carbonyl (C=O) groups excluding carboxylic acids is 1. The largest absolute Gasteiger partial charge is 0.461 e. The number of hydrogen-bond acceptors (Lipinski definition) is 4. The molecule has 0 aliphatic heterocycles. The Morgan fingerprint density at radius 1 is 1.47 bits per heavy atom. The summed E-state index contributed by atoms with van der Waals surface area (Å²) in [7, 11) is 1.74. The van der Waals surface area contributed by atoms with Crippen LogP contribution in [0.15, 0.2) is 16.4 Å². The fourth-order valence-corrected chi connectivity index (χ4v) is 0.750. The summed E-state index contributed by atoms with van der Waals surface area (Å²) in [5.41, 5.74) is 1.03. The summed E-state index contributed by atoms with van der Waals surface area (Å²) in [6, 6.07) is 0. The van der Waals surface area contributed by atoms with Crippen LogP contribution in [0, 0.1) is 0 Å². The molecule has 0 saturated carbocycles. The van der Waals surface area contributed by atoms with Crippen LogP contribution in [0.1, 0.15) is 34.6 Å². The predicted molar refractivity (Wildman–Crippen MR) is 63.9 cm³/mol. The molecule has 0 rings (SSSR count). The molecule has 1 N–H and O–H groups in total. The van der Waals surface area contributed by atoms with Crippen molar-refractivity contribution in [3.63, 3.8) is 0 Å². The highest BCUT2D eigenvalue weighted by molar-refractivity contribution is 5.90. The highest BCUT2D eigenvalue weighted by Gasteiger charge is 2.11. The van der Waals surface area contributed by atoms with Crippen LogP contribution in [-0.4, -0.2) is 25.8 Å². The van der Waals surface area contributed by atoms with Crippen molar-refractivity contribution in [2.75, 3.05) is 13.7 Å². The molecule has 0 amide bonds. The smallest absolute Gasteiger partial charge is 0.358 e. The summed E-state index contributed by atoms with van der Waals surface area (Å²) in [5, 5.41) is 2.85. The molecule has 4 heteroatoms. The van der Waals surface area contributed by atoms with Crippen molar-refractivity contribution >= 4 is 12.2 Å². The van der Waals surface area contributed by atoms with Crippen LogP contribution in [0.3, 0.4) is 0 Å². The maximum absolute atomic E-state index is 11.3. The van der Waals surface area contributed by atoms with E-state index in [1.165, 1.54) is 0 Å². The third-order valence-corrected chi connectivity index (χ3v) is 1.46. The lowest BCUT2D eigenvalue weighted by molar-refractivity contribution is -0.138. The minimum atomic E-state index is -0.396. The van der Waals surface area contributed by atoms with Gasteiger partial charge in [-0.15, -0.1) is 0 Å². The van der Waals surface area contributed by atoms with Gasteiger partial charge >= 0.3 is 5.97 Å². The van der Waals surface area contributed by atoms with E-state index in [-0.39, 0.29) is 0 Å². The average molecular weight is 214 g/mol. The van der Waals surface area contributed by atoms with Gasteiger partial charge < -0.3 is 10.1 Å². The lowest BCUT2D eigenvalue weighted by Crippen LogP contribution is -2.14. The summed E-state index contributed by atoms with van der Waals surface area (Å²) in [6.07, 6.45) is 1.56. The molecule has 0 aliphatic carbocycles. The summed E-state index contributed by atoms with van der Waals surface area (Å²) in [4.78, 5) is 15.2. The first-order chi connectivity index (χ1) is 7.17. The number of allylic oxidation sites excluding steroid dienone is 1. The molecule has 88 valence electrons. The van der Waals surface area contributed by atoms with Gasteiger partial charge in [-0.05, 0) is 20.8 Å². The van der Waals surface area contributed by atoms with Crippen LogP contribution >= 0.6 is 0 Å². The first kappa shape index (κ1) is 16.1. The molecule has 0 unspecified atom stereocenters. The average Bonchev–Trinajstić information content (AvgIpc) is 2.28. The van der Waals surface area contributed by atoms with E-state index in [1.807, 2.05) is 13.8 Å². The molecule has 0 spiro atoms. The predicted octanol–water partition coefficient (Wildman–Crippen LogP) is 2.12. The summed E-state index contributed by atoms with van der Waals surface area (Å²) >= 11 is 0. The van der Waals surface area contributed by atoms with E-state index >= 15 is 0 Å². The van der Waals surface area contributed by atoms with Gasteiger partial charge in [-0.25, -0.2) is 4.79 Å². The fraction of sp³-hybridized carbons (Fsp3) is 0.636. The van der Waals surface area contributed by atoms with Crippen molar-refractivity contribution < 1.29 is 9.53 Å². The Kier molecular flexibility index (Phi) is 11.6. The molecule has 0 aromatic carbocycles. The van der Waals surface area contributed by atoms with Crippen LogP contribution in [0.4, 0.5) is 0 Å². The Balaban J connectivity index is 0. The minimum absolute atomic E-state index is 0.326. The second kappa shape index (κ2) is 10.8. The number of carbonyl (C=O) groups is 1. The van der Waals surface area contributed by atoms with E-state index in [0.717, 1.165) is 0 Å². The van der Waals surface area contributed by atoms with Crippen molar-refractivity contribution in [2.24, 2.45) is 4.99 Å². The van der Waals surface area contributed by atoms with Crippen LogP contribution in [0.5, 0.6) is 0 Å². The molecular formula is C11H22N2O2. The SMILES string of the molecule is CC.CC=N/C(C(=O)OCC)=C(/C)NC. The lowest BCUT2D eigenvalue weighted by atomic mass is 10.3. The minimum Gasteiger partial charge on any atom is -0.461 e. The van der Waals surface area contributed by atoms with Crippen molar-refractivity contribution in [1.82, 2.24) is 5.32 Å². The zero-order chi connectivity index (χ0) is 12.3. The number of nitrogens with zero attached hydrogens (tertiary/aromatic N) is 1. The molecule has 0 aliphatic rings. The highest BCUT2D eigenvalue weighted by atomic mass is 16.5. The van der Waals surface area contributed by atoms with E-state index < -0.39 is 5.97 Å². The summed E-state index contributed by atoms with van der Waals surface area (Å²) < 4.78 is 4.83. The molecule has 15 heavy (non-hydrogen) atoms. The molecule has 4 nitrogen and oxygen atoms in total.